The molecule has 3 aromatic carbocycles. The Morgan fingerprint density at radius 2 is 1.56 bits per heavy atom. The van der Waals surface area contributed by atoms with Crippen LogP contribution >= 0.6 is 11.6 Å². The fourth-order valence-corrected chi connectivity index (χ4v) is 4.72. The Hall–Kier alpha value is -2.56. The normalized spacial score (nSPS) is 11.8. The van der Waals surface area contributed by atoms with Crippen LogP contribution in [0.1, 0.15) is 16.7 Å². The summed E-state index contributed by atoms with van der Waals surface area (Å²) in [6, 6.07) is 22.1. The summed E-state index contributed by atoms with van der Waals surface area (Å²) in [4.78, 5) is 0.284. The summed E-state index contributed by atoms with van der Waals surface area (Å²) in [5, 5.41) is 1.62. The third kappa shape index (κ3) is 3.38. The van der Waals surface area contributed by atoms with Crippen molar-refractivity contribution in [3.05, 3.63) is 101 Å². The van der Waals surface area contributed by atoms with E-state index in [2.05, 4.69) is 0 Å². The fraction of sp³-hybridized carbons (Fsp3) is 0.0909. The zero-order valence-electron chi connectivity index (χ0n) is 14.8. The molecule has 0 aliphatic heterocycles. The van der Waals surface area contributed by atoms with Crippen molar-refractivity contribution in [2.24, 2.45) is 0 Å². The minimum absolute atomic E-state index is 0.284. The molecule has 0 radical (unpaired) electrons. The summed E-state index contributed by atoms with van der Waals surface area (Å²) in [5.41, 5.74) is 3.75. The van der Waals surface area contributed by atoms with Gasteiger partial charge in [-0.05, 0) is 54.8 Å². The van der Waals surface area contributed by atoms with Crippen molar-refractivity contribution in [2.75, 3.05) is 0 Å². The van der Waals surface area contributed by atoms with Crippen LogP contribution in [0.25, 0.3) is 10.9 Å². The first-order valence-corrected chi connectivity index (χ1v) is 10.4. The van der Waals surface area contributed by atoms with E-state index in [0.29, 0.717) is 17.0 Å². The van der Waals surface area contributed by atoms with Crippen LogP contribution < -0.4 is 0 Å². The van der Waals surface area contributed by atoms with E-state index in [1.807, 2.05) is 67.6 Å². The molecule has 3 nitrogen and oxygen atoms in total. The predicted molar refractivity (Wildman–Crippen MR) is 110 cm³/mol. The standard InChI is InChI=1S/C22H18ClNO2S/c1-16-6-12-20(13-7-16)27(25,26)24-15-18(21-4-2-3-5-22(21)24)14-17-8-10-19(23)11-9-17/h2-13,15H,14H2,1H3. The highest BCUT2D eigenvalue weighted by Crippen LogP contribution is 2.28. The second-order valence-corrected chi connectivity index (χ2v) is 8.84. The van der Waals surface area contributed by atoms with Gasteiger partial charge >= 0.3 is 0 Å². The molecule has 4 rings (SSSR count). The third-order valence-corrected chi connectivity index (χ3v) is 6.59. The van der Waals surface area contributed by atoms with Crippen LogP contribution in [0.5, 0.6) is 0 Å². The maximum absolute atomic E-state index is 13.2. The SMILES string of the molecule is Cc1ccc(S(=O)(=O)n2cc(Cc3ccc(Cl)cc3)c3ccccc32)cc1. The highest BCUT2D eigenvalue weighted by atomic mass is 35.5. The van der Waals surface area contributed by atoms with Crippen LogP contribution in [-0.4, -0.2) is 12.4 Å². The molecule has 1 aromatic heterocycles. The van der Waals surface area contributed by atoms with Crippen LogP contribution in [0.15, 0.2) is 83.9 Å². The zero-order valence-corrected chi connectivity index (χ0v) is 16.3. The smallest absolute Gasteiger partial charge is 0.241 e. The number of rotatable bonds is 4. The second-order valence-electron chi connectivity index (χ2n) is 6.59. The molecule has 4 aromatic rings. The molecule has 0 spiro atoms. The number of benzene rings is 3. The van der Waals surface area contributed by atoms with E-state index in [0.717, 1.165) is 22.1 Å². The molecule has 0 unspecified atom stereocenters. The molecule has 0 saturated heterocycles. The Labute approximate surface area is 163 Å². The van der Waals surface area contributed by atoms with Crippen LogP contribution in [0.4, 0.5) is 0 Å². The number of hydrogen-bond donors (Lipinski definition) is 0. The van der Waals surface area contributed by atoms with Gasteiger partial charge in [-0.2, -0.15) is 0 Å². The lowest BCUT2D eigenvalue weighted by atomic mass is 10.0. The summed E-state index contributed by atoms with van der Waals surface area (Å²) >= 11 is 5.97. The summed E-state index contributed by atoms with van der Waals surface area (Å²) in [5.74, 6) is 0. The van der Waals surface area contributed by atoms with Crippen molar-refractivity contribution in [3.63, 3.8) is 0 Å². The first kappa shape index (κ1) is 17.8. The number of hydrogen-bond acceptors (Lipinski definition) is 2. The Morgan fingerprint density at radius 1 is 0.889 bits per heavy atom. The first-order valence-electron chi connectivity index (χ1n) is 8.61. The molecule has 0 bridgehead atoms. The van der Waals surface area contributed by atoms with Gasteiger partial charge in [0.05, 0.1) is 10.4 Å². The number of fused-ring (bicyclic) bond motifs is 1. The highest BCUT2D eigenvalue weighted by Gasteiger charge is 2.21. The number of aryl methyl sites for hydroxylation is 1. The van der Waals surface area contributed by atoms with E-state index < -0.39 is 10.0 Å². The van der Waals surface area contributed by atoms with Gasteiger partial charge in [0.2, 0.25) is 0 Å². The van der Waals surface area contributed by atoms with E-state index in [-0.39, 0.29) is 4.90 Å². The summed E-state index contributed by atoms with van der Waals surface area (Å²) in [6.07, 6.45) is 2.36. The van der Waals surface area contributed by atoms with Crippen LogP contribution in [-0.2, 0) is 16.4 Å². The minimum Gasteiger partial charge on any atom is -0.241 e. The number of para-hydroxylation sites is 1. The molecular formula is C22H18ClNO2S. The third-order valence-electron chi connectivity index (χ3n) is 4.65. The van der Waals surface area contributed by atoms with E-state index in [1.54, 1.807) is 18.3 Å². The van der Waals surface area contributed by atoms with Gasteiger partial charge in [-0.1, -0.05) is 59.6 Å². The maximum Gasteiger partial charge on any atom is 0.268 e. The van der Waals surface area contributed by atoms with Gasteiger partial charge < -0.3 is 0 Å². The highest BCUT2D eigenvalue weighted by molar-refractivity contribution is 7.90. The lowest BCUT2D eigenvalue weighted by Crippen LogP contribution is -2.11. The lowest BCUT2D eigenvalue weighted by molar-refractivity contribution is 0.589. The van der Waals surface area contributed by atoms with Crippen LogP contribution in [0, 0.1) is 6.92 Å². The summed E-state index contributed by atoms with van der Waals surface area (Å²) in [6.45, 7) is 1.94. The molecule has 0 atom stereocenters. The van der Waals surface area contributed by atoms with Crippen molar-refractivity contribution >= 4 is 32.5 Å². The molecule has 0 aliphatic rings. The van der Waals surface area contributed by atoms with E-state index in [1.165, 1.54) is 3.97 Å². The Balaban J connectivity index is 1.84. The summed E-state index contributed by atoms with van der Waals surface area (Å²) < 4.78 is 27.8. The molecule has 0 amide bonds. The Morgan fingerprint density at radius 3 is 2.26 bits per heavy atom. The van der Waals surface area contributed by atoms with Gasteiger partial charge in [-0.15, -0.1) is 0 Å². The minimum atomic E-state index is -3.66. The molecule has 1 heterocycles. The van der Waals surface area contributed by atoms with Gasteiger partial charge in [0, 0.05) is 16.6 Å². The van der Waals surface area contributed by atoms with Gasteiger partial charge in [0.25, 0.3) is 10.0 Å². The van der Waals surface area contributed by atoms with Crippen molar-refractivity contribution in [2.45, 2.75) is 18.2 Å². The van der Waals surface area contributed by atoms with Crippen LogP contribution in [0.2, 0.25) is 5.02 Å². The van der Waals surface area contributed by atoms with Gasteiger partial charge in [-0.25, -0.2) is 12.4 Å². The number of halogens is 1. The fourth-order valence-electron chi connectivity index (χ4n) is 3.20. The predicted octanol–water partition coefficient (Wildman–Crippen LogP) is 5.43. The Bertz CT molecular complexity index is 1210. The van der Waals surface area contributed by atoms with Crippen molar-refractivity contribution in [3.8, 4) is 0 Å². The van der Waals surface area contributed by atoms with Crippen LogP contribution in [0.3, 0.4) is 0 Å². The topological polar surface area (TPSA) is 39.1 Å². The zero-order chi connectivity index (χ0) is 19.0. The van der Waals surface area contributed by atoms with Crippen molar-refractivity contribution in [1.82, 2.24) is 3.97 Å². The molecule has 136 valence electrons. The molecule has 0 aliphatic carbocycles. The van der Waals surface area contributed by atoms with Gasteiger partial charge in [-0.3, -0.25) is 0 Å². The quantitative estimate of drug-likeness (QED) is 0.462. The van der Waals surface area contributed by atoms with Gasteiger partial charge in [0.15, 0.2) is 0 Å². The molecule has 0 saturated carbocycles. The van der Waals surface area contributed by atoms with E-state index >= 15 is 0 Å². The van der Waals surface area contributed by atoms with Crippen molar-refractivity contribution in [1.29, 1.82) is 0 Å². The maximum atomic E-state index is 13.2. The number of aromatic nitrogens is 1. The first-order chi connectivity index (χ1) is 12.9. The monoisotopic (exact) mass is 395 g/mol. The molecule has 0 fully saturated rings. The Kier molecular flexibility index (Phi) is 4.54. The van der Waals surface area contributed by atoms with E-state index in [9.17, 15) is 8.42 Å². The second kappa shape index (κ2) is 6.87. The largest absolute Gasteiger partial charge is 0.268 e. The molecular weight excluding hydrogens is 378 g/mol. The summed E-state index contributed by atoms with van der Waals surface area (Å²) in [7, 11) is -3.66. The van der Waals surface area contributed by atoms with Gasteiger partial charge in [0.1, 0.15) is 0 Å². The molecule has 0 N–H and O–H groups in total. The molecule has 27 heavy (non-hydrogen) atoms. The molecule has 5 heteroatoms. The average Bonchev–Trinajstić information content (AvgIpc) is 3.03. The van der Waals surface area contributed by atoms with E-state index in [4.69, 9.17) is 11.6 Å². The average molecular weight is 396 g/mol. The lowest BCUT2D eigenvalue weighted by Gasteiger charge is -2.07. The number of nitrogens with zero attached hydrogens (tertiary/aromatic N) is 1. The van der Waals surface area contributed by atoms with Crippen molar-refractivity contribution < 1.29 is 8.42 Å².